The zero-order chi connectivity index (χ0) is 19.9. The number of rotatable bonds is 6. The summed E-state index contributed by atoms with van der Waals surface area (Å²) < 4.78 is 5.53. The Balaban J connectivity index is 1.53. The van der Waals surface area contributed by atoms with Crippen LogP contribution in [0.2, 0.25) is 5.02 Å². The largest absolute Gasteiger partial charge is 0.459 e. The summed E-state index contributed by atoms with van der Waals surface area (Å²) >= 11 is 12.5. The Bertz CT molecular complexity index is 974. The van der Waals surface area contributed by atoms with Crippen LogP contribution in [0.1, 0.15) is 5.76 Å². The molecule has 0 spiro atoms. The maximum Gasteiger partial charge on any atom is 0.236 e. The van der Waals surface area contributed by atoms with Gasteiger partial charge in [-0.1, -0.05) is 23.7 Å². The average molecular weight is 433 g/mol. The average Bonchev–Trinajstić information content (AvgIpc) is 3.17. The minimum absolute atomic E-state index is 0.151. The molecular weight excluding hydrogens is 416 g/mol. The first-order chi connectivity index (χ1) is 13.5. The SMILES string of the molecule is O=C(CSc1ccc(Cl)cc1)NC(=S)Nc1cccc(-c2ccc(CO)o2)c1. The van der Waals surface area contributed by atoms with Crippen molar-refractivity contribution in [2.45, 2.75) is 11.5 Å². The van der Waals surface area contributed by atoms with E-state index >= 15 is 0 Å². The monoisotopic (exact) mass is 432 g/mol. The molecule has 0 saturated carbocycles. The molecule has 3 N–H and O–H groups in total. The van der Waals surface area contributed by atoms with E-state index < -0.39 is 0 Å². The van der Waals surface area contributed by atoms with Gasteiger partial charge in [0.05, 0.1) is 5.75 Å². The number of hydrogen-bond donors (Lipinski definition) is 3. The van der Waals surface area contributed by atoms with E-state index in [0.29, 0.717) is 16.5 Å². The maximum atomic E-state index is 12.1. The van der Waals surface area contributed by atoms with Crippen molar-refractivity contribution in [3.63, 3.8) is 0 Å². The van der Waals surface area contributed by atoms with E-state index in [1.54, 1.807) is 24.3 Å². The highest BCUT2D eigenvalue weighted by atomic mass is 35.5. The van der Waals surface area contributed by atoms with Gasteiger partial charge in [0.1, 0.15) is 18.1 Å². The quantitative estimate of drug-likeness (QED) is 0.387. The van der Waals surface area contributed by atoms with Gasteiger partial charge in [-0.3, -0.25) is 4.79 Å². The van der Waals surface area contributed by atoms with Crippen LogP contribution in [0, 0.1) is 0 Å². The van der Waals surface area contributed by atoms with E-state index in [2.05, 4.69) is 10.6 Å². The number of thiocarbonyl (C=S) groups is 1. The molecule has 2 aromatic carbocycles. The van der Waals surface area contributed by atoms with Crippen LogP contribution in [-0.4, -0.2) is 21.9 Å². The van der Waals surface area contributed by atoms with Crippen molar-refractivity contribution >= 4 is 52.3 Å². The molecule has 0 aliphatic rings. The van der Waals surface area contributed by atoms with Crippen LogP contribution in [0.25, 0.3) is 11.3 Å². The normalized spacial score (nSPS) is 10.5. The molecule has 0 aliphatic heterocycles. The lowest BCUT2D eigenvalue weighted by molar-refractivity contribution is -0.117. The van der Waals surface area contributed by atoms with Crippen LogP contribution >= 0.6 is 35.6 Å². The van der Waals surface area contributed by atoms with Gasteiger partial charge in [0.25, 0.3) is 0 Å². The lowest BCUT2D eigenvalue weighted by atomic mass is 10.1. The van der Waals surface area contributed by atoms with Crippen LogP contribution in [0.15, 0.2) is 70.0 Å². The standard InChI is InChI=1S/C20H17ClN2O3S2/c21-14-4-7-17(8-5-14)28-12-19(25)23-20(27)22-15-3-1-2-13(10-15)18-9-6-16(11-24)26-18/h1-10,24H,11-12H2,(H2,22,23,25,27). The van der Waals surface area contributed by atoms with Gasteiger partial charge in [-0.25, -0.2) is 0 Å². The third kappa shape index (κ3) is 5.84. The predicted molar refractivity (Wildman–Crippen MR) is 117 cm³/mol. The molecule has 0 saturated heterocycles. The van der Waals surface area contributed by atoms with Crippen molar-refractivity contribution in [2.75, 3.05) is 11.1 Å². The molecule has 0 unspecified atom stereocenters. The molecule has 1 amide bonds. The number of carbonyl (C=O) groups is 1. The predicted octanol–water partition coefficient (Wildman–Crippen LogP) is 4.70. The van der Waals surface area contributed by atoms with Crippen molar-refractivity contribution < 1.29 is 14.3 Å². The summed E-state index contributed by atoms with van der Waals surface area (Å²) in [7, 11) is 0. The summed E-state index contributed by atoms with van der Waals surface area (Å²) in [6.07, 6.45) is 0. The van der Waals surface area contributed by atoms with Gasteiger partial charge in [-0.05, 0) is 60.7 Å². The number of aliphatic hydroxyl groups excluding tert-OH is 1. The van der Waals surface area contributed by atoms with E-state index in [4.69, 9.17) is 33.3 Å². The Morgan fingerprint density at radius 1 is 1.14 bits per heavy atom. The van der Waals surface area contributed by atoms with Gasteiger partial charge in [-0.15, -0.1) is 11.8 Å². The molecule has 1 aromatic heterocycles. The zero-order valence-corrected chi connectivity index (χ0v) is 17.0. The van der Waals surface area contributed by atoms with Crippen LogP contribution in [0.5, 0.6) is 0 Å². The highest BCUT2D eigenvalue weighted by molar-refractivity contribution is 8.00. The summed E-state index contributed by atoms with van der Waals surface area (Å²) in [6.45, 7) is -0.151. The van der Waals surface area contributed by atoms with Gasteiger partial charge in [0, 0.05) is 21.2 Å². The third-order valence-electron chi connectivity index (χ3n) is 3.66. The molecule has 0 bridgehead atoms. The first-order valence-electron chi connectivity index (χ1n) is 8.33. The molecule has 3 aromatic rings. The molecule has 8 heteroatoms. The topological polar surface area (TPSA) is 74.5 Å². The smallest absolute Gasteiger partial charge is 0.236 e. The second kappa shape index (κ2) is 9.75. The molecule has 3 rings (SSSR count). The molecular formula is C20H17ClN2O3S2. The highest BCUT2D eigenvalue weighted by Crippen LogP contribution is 2.25. The highest BCUT2D eigenvalue weighted by Gasteiger charge is 2.08. The Morgan fingerprint density at radius 3 is 2.64 bits per heavy atom. The summed E-state index contributed by atoms with van der Waals surface area (Å²) in [5, 5.41) is 15.6. The van der Waals surface area contributed by atoms with Crippen molar-refractivity contribution in [3.05, 3.63) is 71.4 Å². The number of hydrogen-bond acceptors (Lipinski definition) is 5. The second-order valence-electron chi connectivity index (χ2n) is 5.75. The Labute approximate surface area is 177 Å². The molecule has 1 heterocycles. The Hall–Kier alpha value is -2.32. The molecule has 0 radical (unpaired) electrons. The van der Waals surface area contributed by atoms with Crippen LogP contribution in [0.4, 0.5) is 5.69 Å². The molecule has 0 fully saturated rings. The molecule has 28 heavy (non-hydrogen) atoms. The maximum absolute atomic E-state index is 12.1. The van der Waals surface area contributed by atoms with E-state index in [9.17, 15) is 4.79 Å². The number of amides is 1. The first-order valence-corrected chi connectivity index (χ1v) is 10.1. The number of thioether (sulfide) groups is 1. The van der Waals surface area contributed by atoms with E-state index in [-0.39, 0.29) is 23.4 Å². The van der Waals surface area contributed by atoms with Crippen molar-refractivity contribution in [3.8, 4) is 11.3 Å². The zero-order valence-electron chi connectivity index (χ0n) is 14.6. The van der Waals surface area contributed by atoms with Crippen LogP contribution < -0.4 is 10.6 Å². The Kier molecular flexibility index (Phi) is 7.11. The third-order valence-corrected chi connectivity index (χ3v) is 5.13. The Morgan fingerprint density at radius 2 is 1.93 bits per heavy atom. The van der Waals surface area contributed by atoms with E-state index in [0.717, 1.165) is 16.1 Å². The molecule has 0 aliphatic carbocycles. The van der Waals surface area contributed by atoms with E-state index in [1.165, 1.54) is 11.8 Å². The van der Waals surface area contributed by atoms with E-state index in [1.807, 2.05) is 36.4 Å². The number of aliphatic hydroxyl groups is 1. The number of halogens is 1. The molecule has 144 valence electrons. The minimum Gasteiger partial charge on any atom is -0.459 e. The fourth-order valence-corrected chi connectivity index (χ4v) is 3.43. The van der Waals surface area contributed by atoms with Gasteiger partial charge in [-0.2, -0.15) is 0 Å². The molecule has 0 atom stereocenters. The van der Waals surface area contributed by atoms with Crippen LogP contribution in [0.3, 0.4) is 0 Å². The summed E-state index contributed by atoms with van der Waals surface area (Å²) in [5.74, 6) is 1.17. The fraction of sp³-hybridized carbons (Fsp3) is 0.100. The van der Waals surface area contributed by atoms with Gasteiger partial charge >= 0.3 is 0 Å². The first kappa shape index (κ1) is 20.4. The number of anilines is 1. The van der Waals surface area contributed by atoms with Crippen molar-refractivity contribution in [1.82, 2.24) is 5.32 Å². The number of benzene rings is 2. The van der Waals surface area contributed by atoms with Crippen LogP contribution in [-0.2, 0) is 11.4 Å². The molecule has 5 nitrogen and oxygen atoms in total. The van der Waals surface area contributed by atoms with Gasteiger partial charge in [0.15, 0.2) is 5.11 Å². The van der Waals surface area contributed by atoms with Crippen molar-refractivity contribution in [1.29, 1.82) is 0 Å². The van der Waals surface area contributed by atoms with Gasteiger partial charge in [0.2, 0.25) is 5.91 Å². The van der Waals surface area contributed by atoms with Crippen molar-refractivity contribution in [2.24, 2.45) is 0 Å². The number of furan rings is 1. The fourth-order valence-electron chi connectivity index (χ4n) is 2.37. The number of carbonyl (C=O) groups excluding carboxylic acids is 1. The summed E-state index contributed by atoms with van der Waals surface area (Å²) in [5.41, 5.74) is 1.55. The lowest BCUT2D eigenvalue weighted by Gasteiger charge is -2.10. The minimum atomic E-state index is -0.202. The summed E-state index contributed by atoms with van der Waals surface area (Å²) in [4.78, 5) is 13.0. The van der Waals surface area contributed by atoms with Gasteiger partial charge < -0.3 is 20.2 Å². The lowest BCUT2D eigenvalue weighted by Crippen LogP contribution is -2.35. The second-order valence-corrected chi connectivity index (χ2v) is 7.64. The number of nitrogens with one attached hydrogen (secondary N) is 2. The summed E-state index contributed by atoms with van der Waals surface area (Å²) in [6, 6.07) is 18.2.